The SMILES string of the molecule is COC(=O)C1CN(c2ccc([N+](=O)[O-])cc2I)CCO1. The highest BCUT2D eigenvalue weighted by Gasteiger charge is 2.28. The van der Waals surface area contributed by atoms with E-state index >= 15 is 0 Å². The fraction of sp³-hybridized carbons (Fsp3) is 0.417. The third-order valence-corrected chi connectivity index (χ3v) is 3.88. The topological polar surface area (TPSA) is 81.9 Å². The number of carbonyl (C=O) groups is 1. The van der Waals surface area contributed by atoms with Gasteiger partial charge in [-0.15, -0.1) is 0 Å². The summed E-state index contributed by atoms with van der Waals surface area (Å²) < 4.78 is 10.8. The van der Waals surface area contributed by atoms with Gasteiger partial charge in [-0.05, 0) is 28.7 Å². The second-order valence-electron chi connectivity index (χ2n) is 4.22. The molecule has 1 fully saturated rings. The number of esters is 1. The average molecular weight is 392 g/mol. The van der Waals surface area contributed by atoms with E-state index < -0.39 is 17.0 Å². The number of hydrogen-bond acceptors (Lipinski definition) is 6. The van der Waals surface area contributed by atoms with E-state index in [4.69, 9.17) is 4.74 Å². The summed E-state index contributed by atoms with van der Waals surface area (Å²) in [6.07, 6.45) is -0.625. The van der Waals surface area contributed by atoms with Crippen LogP contribution in [0.15, 0.2) is 18.2 Å². The van der Waals surface area contributed by atoms with Gasteiger partial charge in [-0.25, -0.2) is 4.79 Å². The number of benzene rings is 1. The number of ether oxygens (including phenoxy) is 2. The van der Waals surface area contributed by atoms with Crippen LogP contribution in [0.4, 0.5) is 11.4 Å². The van der Waals surface area contributed by atoms with Gasteiger partial charge in [0, 0.05) is 22.2 Å². The van der Waals surface area contributed by atoms with Gasteiger partial charge in [-0.1, -0.05) is 0 Å². The molecule has 0 amide bonds. The first-order valence-corrected chi connectivity index (χ1v) is 6.99. The molecular formula is C12H13IN2O5. The molecule has 108 valence electrons. The Hall–Kier alpha value is -1.42. The first kappa shape index (κ1) is 15.0. The third-order valence-electron chi connectivity index (χ3n) is 3.01. The molecule has 0 aromatic heterocycles. The first-order chi connectivity index (χ1) is 9.52. The molecule has 20 heavy (non-hydrogen) atoms. The van der Waals surface area contributed by atoms with E-state index in [9.17, 15) is 14.9 Å². The zero-order chi connectivity index (χ0) is 14.7. The van der Waals surface area contributed by atoms with Crippen molar-refractivity contribution in [3.63, 3.8) is 0 Å². The Morgan fingerprint density at radius 3 is 2.95 bits per heavy atom. The Morgan fingerprint density at radius 1 is 1.60 bits per heavy atom. The standard InChI is InChI=1S/C12H13IN2O5/c1-19-12(16)11-7-14(4-5-20-11)10-3-2-8(15(17)18)6-9(10)13/h2-3,6,11H,4-5,7H2,1H3. The van der Waals surface area contributed by atoms with Gasteiger partial charge >= 0.3 is 5.97 Å². The summed E-state index contributed by atoms with van der Waals surface area (Å²) in [5.74, 6) is -0.411. The maximum atomic E-state index is 11.5. The van der Waals surface area contributed by atoms with Gasteiger partial charge in [0.1, 0.15) is 0 Å². The highest BCUT2D eigenvalue weighted by atomic mass is 127. The number of nitro groups is 1. The Kier molecular flexibility index (Phi) is 4.76. The highest BCUT2D eigenvalue weighted by molar-refractivity contribution is 14.1. The molecule has 1 aliphatic heterocycles. The number of anilines is 1. The zero-order valence-corrected chi connectivity index (χ0v) is 12.9. The number of hydrogen-bond donors (Lipinski definition) is 0. The fourth-order valence-electron chi connectivity index (χ4n) is 2.01. The van der Waals surface area contributed by atoms with E-state index in [1.165, 1.54) is 19.2 Å². The van der Waals surface area contributed by atoms with Crippen LogP contribution in [0.3, 0.4) is 0 Å². The maximum absolute atomic E-state index is 11.5. The van der Waals surface area contributed by atoms with Crippen LogP contribution in [0.25, 0.3) is 0 Å². The van der Waals surface area contributed by atoms with Gasteiger partial charge in [0.2, 0.25) is 0 Å². The number of morpholine rings is 1. The molecule has 1 aromatic rings. The summed E-state index contributed by atoms with van der Waals surface area (Å²) >= 11 is 2.05. The lowest BCUT2D eigenvalue weighted by Crippen LogP contribution is -2.46. The van der Waals surface area contributed by atoms with E-state index in [0.717, 1.165) is 9.26 Å². The van der Waals surface area contributed by atoms with Crippen molar-refractivity contribution in [2.24, 2.45) is 0 Å². The Labute approximate surface area is 129 Å². The molecule has 0 aliphatic carbocycles. The molecule has 7 nitrogen and oxygen atoms in total. The highest BCUT2D eigenvalue weighted by Crippen LogP contribution is 2.28. The molecule has 1 heterocycles. The zero-order valence-electron chi connectivity index (χ0n) is 10.7. The predicted octanol–water partition coefficient (Wildman–Crippen LogP) is 1.58. The van der Waals surface area contributed by atoms with E-state index in [1.54, 1.807) is 6.07 Å². The molecule has 2 rings (SSSR count). The van der Waals surface area contributed by atoms with Gasteiger partial charge in [0.15, 0.2) is 6.10 Å². The van der Waals surface area contributed by atoms with Crippen molar-refractivity contribution >= 4 is 39.9 Å². The minimum atomic E-state index is -0.625. The van der Waals surface area contributed by atoms with Crippen molar-refractivity contribution in [3.05, 3.63) is 31.9 Å². The molecule has 1 unspecified atom stereocenters. The van der Waals surface area contributed by atoms with E-state index in [2.05, 4.69) is 27.3 Å². The van der Waals surface area contributed by atoms with Crippen LogP contribution >= 0.6 is 22.6 Å². The molecule has 0 N–H and O–H groups in total. The maximum Gasteiger partial charge on any atom is 0.336 e. The smallest absolute Gasteiger partial charge is 0.336 e. The number of halogens is 1. The predicted molar refractivity (Wildman–Crippen MR) is 79.8 cm³/mol. The van der Waals surface area contributed by atoms with Crippen LogP contribution < -0.4 is 4.90 Å². The van der Waals surface area contributed by atoms with E-state index in [1.807, 2.05) is 4.90 Å². The van der Waals surface area contributed by atoms with Crippen LogP contribution in [-0.2, 0) is 14.3 Å². The van der Waals surface area contributed by atoms with Crippen molar-refractivity contribution in [2.75, 3.05) is 31.7 Å². The van der Waals surface area contributed by atoms with Crippen molar-refractivity contribution < 1.29 is 19.2 Å². The van der Waals surface area contributed by atoms with Gasteiger partial charge in [0.05, 0.1) is 30.9 Å². The molecule has 8 heteroatoms. The van der Waals surface area contributed by atoms with E-state index in [0.29, 0.717) is 19.7 Å². The minimum absolute atomic E-state index is 0.0518. The molecule has 0 radical (unpaired) electrons. The van der Waals surface area contributed by atoms with Crippen molar-refractivity contribution in [3.8, 4) is 0 Å². The summed E-state index contributed by atoms with van der Waals surface area (Å²) in [5.41, 5.74) is 0.907. The number of nitro benzene ring substituents is 1. The van der Waals surface area contributed by atoms with Crippen molar-refractivity contribution in [1.29, 1.82) is 0 Å². The summed E-state index contributed by atoms with van der Waals surface area (Å²) in [6.45, 7) is 1.41. The largest absolute Gasteiger partial charge is 0.467 e. The lowest BCUT2D eigenvalue weighted by atomic mass is 10.2. The molecule has 0 bridgehead atoms. The third kappa shape index (κ3) is 3.18. The molecule has 0 spiro atoms. The summed E-state index contributed by atoms with van der Waals surface area (Å²) in [5, 5.41) is 10.7. The van der Waals surface area contributed by atoms with Crippen LogP contribution in [0.5, 0.6) is 0 Å². The van der Waals surface area contributed by atoms with Crippen molar-refractivity contribution in [2.45, 2.75) is 6.10 Å². The fourth-order valence-corrected chi connectivity index (χ4v) is 2.85. The molecular weight excluding hydrogens is 379 g/mol. The second-order valence-corrected chi connectivity index (χ2v) is 5.38. The minimum Gasteiger partial charge on any atom is -0.467 e. The van der Waals surface area contributed by atoms with Gasteiger partial charge in [-0.2, -0.15) is 0 Å². The monoisotopic (exact) mass is 392 g/mol. The van der Waals surface area contributed by atoms with Gasteiger partial charge in [-0.3, -0.25) is 10.1 Å². The Balaban J connectivity index is 2.19. The Bertz CT molecular complexity index is 537. The van der Waals surface area contributed by atoms with Crippen LogP contribution in [0, 0.1) is 13.7 Å². The lowest BCUT2D eigenvalue weighted by Gasteiger charge is -2.33. The van der Waals surface area contributed by atoms with E-state index in [-0.39, 0.29) is 5.69 Å². The Morgan fingerprint density at radius 2 is 2.35 bits per heavy atom. The molecule has 1 saturated heterocycles. The normalized spacial score (nSPS) is 18.7. The number of non-ortho nitro benzene ring substituents is 1. The second kappa shape index (κ2) is 6.35. The van der Waals surface area contributed by atoms with Crippen LogP contribution in [0.1, 0.15) is 0 Å². The lowest BCUT2D eigenvalue weighted by molar-refractivity contribution is -0.384. The molecule has 1 aromatic carbocycles. The molecule has 1 aliphatic rings. The summed E-state index contributed by atoms with van der Waals surface area (Å²) in [7, 11) is 1.32. The average Bonchev–Trinajstić information content (AvgIpc) is 2.46. The summed E-state index contributed by atoms with van der Waals surface area (Å²) in [4.78, 5) is 23.8. The molecule has 0 saturated carbocycles. The van der Waals surface area contributed by atoms with Crippen molar-refractivity contribution in [1.82, 2.24) is 0 Å². The first-order valence-electron chi connectivity index (χ1n) is 5.91. The van der Waals surface area contributed by atoms with Crippen LogP contribution in [0.2, 0.25) is 0 Å². The number of nitrogens with zero attached hydrogens (tertiary/aromatic N) is 2. The van der Waals surface area contributed by atoms with Gasteiger partial charge in [0.25, 0.3) is 5.69 Å². The number of carbonyl (C=O) groups excluding carboxylic acids is 1. The number of rotatable bonds is 3. The molecule has 1 atom stereocenters. The van der Waals surface area contributed by atoms with Crippen LogP contribution in [-0.4, -0.2) is 43.8 Å². The quantitative estimate of drug-likeness (QED) is 0.336. The summed E-state index contributed by atoms with van der Waals surface area (Å²) in [6, 6.07) is 4.66. The van der Waals surface area contributed by atoms with Gasteiger partial charge < -0.3 is 14.4 Å². The number of methoxy groups -OCH3 is 1.